The van der Waals surface area contributed by atoms with Crippen LogP contribution in [0.15, 0.2) is 41.6 Å². The first-order chi connectivity index (χ1) is 17.2. The number of halogens is 3. The van der Waals surface area contributed by atoms with Crippen LogP contribution in [0.4, 0.5) is 13.2 Å². The predicted molar refractivity (Wildman–Crippen MR) is 129 cm³/mol. The molecule has 0 amide bonds. The van der Waals surface area contributed by atoms with Gasteiger partial charge in [-0.2, -0.15) is 0 Å². The van der Waals surface area contributed by atoms with Gasteiger partial charge >= 0.3 is 6.36 Å². The Morgan fingerprint density at radius 1 is 1.08 bits per heavy atom. The topological polar surface area (TPSA) is 82.8 Å². The lowest BCUT2D eigenvalue weighted by molar-refractivity contribution is -0.275. The summed E-state index contributed by atoms with van der Waals surface area (Å²) in [6, 6.07) is 4.33. The summed E-state index contributed by atoms with van der Waals surface area (Å²) in [5.74, 6) is -0.00827. The minimum Gasteiger partial charge on any atom is -0.404 e. The number of hydrogen-bond acceptors (Lipinski definition) is 7. The second-order valence-electron chi connectivity index (χ2n) is 9.09. The monoisotopic (exact) mass is 515 g/mol. The molecule has 4 heterocycles. The molecule has 0 unspecified atom stereocenters. The molecule has 0 N–H and O–H groups in total. The smallest absolute Gasteiger partial charge is 0.404 e. The highest BCUT2D eigenvalue weighted by molar-refractivity contribution is 7.05. The number of ether oxygens (including phenoxy) is 1. The number of pyridine rings is 2. The summed E-state index contributed by atoms with van der Waals surface area (Å²) >= 11 is 1.50. The molecule has 0 aromatic carbocycles. The van der Waals surface area contributed by atoms with Crippen LogP contribution in [0.2, 0.25) is 0 Å². The number of hydrogen-bond donors (Lipinski definition) is 0. The molecule has 7 nitrogen and oxygen atoms in total. The molecule has 4 aromatic rings. The third kappa shape index (κ3) is 4.97. The van der Waals surface area contributed by atoms with Crippen molar-refractivity contribution in [3.63, 3.8) is 0 Å². The molecular weight excluding hydrogens is 491 g/mol. The lowest BCUT2D eigenvalue weighted by atomic mass is 9.76. The maximum Gasteiger partial charge on any atom is 0.573 e. The first-order valence-electron chi connectivity index (χ1n) is 11.7. The van der Waals surface area contributed by atoms with Crippen LogP contribution in [-0.4, -0.2) is 30.3 Å². The number of alkyl halides is 3. The average molecular weight is 516 g/mol. The molecule has 0 atom stereocenters. The van der Waals surface area contributed by atoms with E-state index in [-0.39, 0.29) is 23.7 Å². The van der Waals surface area contributed by atoms with Gasteiger partial charge in [0.25, 0.3) is 5.56 Å². The molecule has 1 saturated carbocycles. The van der Waals surface area contributed by atoms with Crippen LogP contribution < -0.4 is 10.3 Å². The van der Waals surface area contributed by atoms with Gasteiger partial charge in [0.2, 0.25) is 0 Å². The highest BCUT2D eigenvalue weighted by Gasteiger charge is 2.33. The van der Waals surface area contributed by atoms with Gasteiger partial charge in [0.05, 0.1) is 12.2 Å². The standard InChI is InChI=1S/C25H24F3N5O2S/c1-14-11-30-20-10-18(16-5-7-17(8-6-16)19-12-31-36-15(19)2)24(34)33(23(20)32-14)13-21-22(4-3-9-29-21)35-25(26,27)28/h3-4,9-12,16-17H,5-8,13H2,1-2H3/t16-,17-. The van der Waals surface area contributed by atoms with Gasteiger partial charge in [-0.3, -0.25) is 19.3 Å². The summed E-state index contributed by atoms with van der Waals surface area (Å²) in [6.45, 7) is 3.61. The Morgan fingerprint density at radius 2 is 1.81 bits per heavy atom. The van der Waals surface area contributed by atoms with E-state index < -0.39 is 12.1 Å². The molecule has 1 aliphatic carbocycles. The fourth-order valence-electron chi connectivity index (χ4n) is 5.00. The minimum absolute atomic E-state index is 0.0113. The summed E-state index contributed by atoms with van der Waals surface area (Å²) in [5, 5.41) is 0. The molecule has 4 aromatic heterocycles. The fourth-order valence-corrected chi connectivity index (χ4v) is 5.65. The lowest BCUT2D eigenvalue weighted by Crippen LogP contribution is -2.29. The van der Waals surface area contributed by atoms with Gasteiger partial charge in [-0.1, -0.05) is 0 Å². The van der Waals surface area contributed by atoms with Crippen LogP contribution in [0.3, 0.4) is 0 Å². The highest BCUT2D eigenvalue weighted by atomic mass is 32.1. The van der Waals surface area contributed by atoms with Crippen LogP contribution in [0, 0.1) is 13.8 Å². The van der Waals surface area contributed by atoms with Crippen LogP contribution >= 0.6 is 11.5 Å². The van der Waals surface area contributed by atoms with E-state index in [9.17, 15) is 18.0 Å². The minimum atomic E-state index is -4.88. The van der Waals surface area contributed by atoms with E-state index in [0.717, 1.165) is 25.7 Å². The van der Waals surface area contributed by atoms with Crippen molar-refractivity contribution in [3.05, 3.63) is 74.5 Å². The molecule has 36 heavy (non-hydrogen) atoms. The zero-order chi connectivity index (χ0) is 25.4. The summed E-state index contributed by atoms with van der Waals surface area (Å²) in [4.78, 5) is 28.0. The molecule has 0 bridgehead atoms. The Hall–Kier alpha value is -3.34. The Bertz CT molecular complexity index is 1460. The normalized spacial score (nSPS) is 18.5. The van der Waals surface area contributed by atoms with Gasteiger partial charge in [0.15, 0.2) is 11.4 Å². The molecular formula is C25H24F3N5O2S. The Balaban J connectivity index is 1.52. The summed E-state index contributed by atoms with van der Waals surface area (Å²) in [6.07, 6.45) is 3.57. The Labute approximate surface area is 209 Å². The van der Waals surface area contributed by atoms with Crippen molar-refractivity contribution in [2.24, 2.45) is 0 Å². The number of fused-ring (bicyclic) bond motifs is 1. The average Bonchev–Trinajstić information content (AvgIpc) is 3.27. The molecule has 0 radical (unpaired) electrons. The highest BCUT2D eigenvalue weighted by Crippen LogP contribution is 2.41. The van der Waals surface area contributed by atoms with Crippen molar-refractivity contribution in [2.75, 3.05) is 0 Å². The van der Waals surface area contributed by atoms with E-state index >= 15 is 0 Å². The van der Waals surface area contributed by atoms with E-state index in [1.54, 1.807) is 19.2 Å². The van der Waals surface area contributed by atoms with Crippen molar-refractivity contribution >= 4 is 22.7 Å². The number of nitrogens with zero attached hydrogens (tertiary/aromatic N) is 5. The molecule has 5 rings (SSSR count). The SMILES string of the molecule is Cc1cnc2cc([C@H]3CC[C@H](c4cnsc4C)CC3)c(=O)n(Cc3ncccc3OC(F)(F)F)c2n1. The molecule has 11 heteroatoms. The molecule has 0 saturated heterocycles. The number of aryl methyl sites for hydroxylation is 2. The largest absolute Gasteiger partial charge is 0.573 e. The molecule has 0 spiro atoms. The Morgan fingerprint density at radius 3 is 2.47 bits per heavy atom. The van der Waals surface area contributed by atoms with E-state index in [4.69, 9.17) is 0 Å². The van der Waals surface area contributed by atoms with E-state index in [2.05, 4.69) is 31.0 Å². The third-order valence-electron chi connectivity index (χ3n) is 6.72. The quantitative estimate of drug-likeness (QED) is 0.342. The second kappa shape index (κ2) is 9.61. The van der Waals surface area contributed by atoms with Crippen molar-refractivity contribution in [1.82, 2.24) is 23.9 Å². The van der Waals surface area contributed by atoms with Gasteiger partial charge in [0.1, 0.15) is 11.2 Å². The van der Waals surface area contributed by atoms with E-state index in [0.29, 0.717) is 28.3 Å². The first-order valence-corrected chi connectivity index (χ1v) is 12.4. The van der Waals surface area contributed by atoms with Gasteiger partial charge < -0.3 is 4.74 Å². The zero-order valence-electron chi connectivity index (χ0n) is 19.7. The molecule has 1 fully saturated rings. The van der Waals surface area contributed by atoms with Gasteiger partial charge in [0, 0.05) is 29.0 Å². The molecule has 1 aliphatic rings. The van der Waals surface area contributed by atoms with Gasteiger partial charge in [-0.05, 0) is 86.7 Å². The maximum absolute atomic E-state index is 13.8. The summed E-state index contributed by atoms with van der Waals surface area (Å²) in [7, 11) is 0. The zero-order valence-corrected chi connectivity index (χ0v) is 20.6. The Kier molecular flexibility index (Phi) is 6.50. The van der Waals surface area contributed by atoms with Crippen LogP contribution in [0.25, 0.3) is 11.2 Å². The van der Waals surface area contributed by atoms with Crippen LogP contribution in [0.5, 0.6) is 5.75 Å². The lowest BCUT2D eigenvalue weighted by Gasteiger charge is -2.29. The fraction of sp³-hybridized carbons (Fsp3) is 0.400. The van der Waals surface area contributed by atoms with E-state index in [1.165, 1.54) is 44.9 Å². The van der Waals surface area contributed by atoms with Crippen molar-refractivity contribution in [2.45, 2.75) is 64.3 Å². The van der Waals surface area contributed by atoms with Crippen LogP contribution in [0.1, 0.15) is 64.9 Å². The molecule has 0 aliphatic heterocycles. The van der Waals surface area contributed by atoms with Gasteiger partial charge in [-0.25, -0.2) is 9.36 Å². The maximum atomic E-state index is 13.8. The predicted octanol–water partition coefficient (Wildman–Crippen LogP) is 5.65. The second-order valence-corrected chi connectivity index (χ2v) is 10.1. The number of rotatable bonds is 5. The molecule has 188 valence electrons. The van der Waals surface area contributed by atoms with Crippen molar-refractivity contribution < 1.29 is 17.9 Å². The first kappa shape index (κ1) is 24.4. The van der Waals surface area contributed by atoms with Crippen molar-refractivity contribution in [3.8, 4) is 5.75 Å². The third-order valence-corrected chi connectivity index (χ3v) is 7.44. The van der Waals surface area contributed by atoms with Gasteiger partial charge in [-0.15, -0.1) is 13.2 Å². The number of aromatic nitrogens is 5. The van der Waals surface area contributed by atoms with Crippen molar-refractivity contribution in [1.29, 1.82) is 0 Å². The van der Waals surface area contributed by atoms with Crippen LogP contribution in [-0.2, 0) is 6.54 Å². The van der Waals surface area contributed by atoms with E-state index in [1.807, 2.05) is 6.20 Å². The summed E-state index contributed by atoms with van der Waals surface area (Å²) in [5.41, 5.74) is 3.00. The summed E-state index contributed by atoms with van der Waals surface area (Å²) < 4.78 is 48.7.